The summed E-state index contributed by atoms with van der Waals surface area (Å²) >= 11 is 6.19. The van der Waals surface area contributed by atoms with Gasteiger partial charge in [0, 0.05) is 17.0 Å². The maximum Gasteiger partial charge on any atom is 0.125 e. The lowest BCUT2D eigenvalue weighted by molar-refractivity contribution is 0.347. The zero-order valence-electron chi connectivity index (χ0n) is 12.3. The first kappa shape index (κ1) is 14.7. The summed E-state index contributed by atoms with van der Waals surface area (Å²) in [6, 6.07) is 4.09. The van der Waals surface area contributed by atoms with Gasteiger partial charge in [-0.05, 0) is 62.9 Å². The van der Waals surface area contributed by atoms with Gasteiger partial charge in [-0.15, -0.1) is 0 Å². The summed E-state index contributed by atoms with van der Waals surface area (Å²) in [4.78, 5) is 0. The van der Waals surface area contributed by atoms with Crippen LogP contribution in [-0.4, -0.2) is 18.7 Å². The number of hydrogen-bond donors (Lipinski definition) is 1. The molecule has 1 aromatic carbocycles. The molecule has 2 nitrogen and oxygen atoms in total. The summed E-state index contributed by atoms with van der Waals surface area (Å²) in [5.74, 6) is 1.64. The monoisotopic (exact) mass is 281 g/mol. The van der Waals surface area contributed by atoms with Gasteiger partial charge in [-0.2, -0.15) is 0 Å². The molecule has 0 saturated carbocycles. The first-order chi connectivity index (χ1) is 8.85. The fourth-order valence-corrected chi connectivity index (χ4v) is 2.69. The van der Waals surface area contributed by atoms with Gasteiger partial charge in [0.15, 0.2) is 0 Å². The molecule has 0 fully saturated rings. The highest BCUT2D eigenvalue weighted by Gasteiger charge is 2.19. The van der Waals surface area contributed by atoms with Crippen molar-refractivity contribution in [2.24, 2.45) is 5.92 Å². The van der Waals surface area contributed by atoms with Gasteiger partial charge in [0.2, 0.25) is 0 Å². The van der Waals surface area contributed by atoms with Crippen LogP contribution in [0.25, 0.3) is 0 Å². The largest absolute Gasteiger partial charge is 0.493 e. The van der Waals surface area contributed by atoms with Crippen molar-refractivity contribution >= 4 is 11.6 Å². The Hall–Kier alpha value is -0.730. The Kier molecular flexibility index (Phi) is 4.42. The van der Waals surface area contributed by atoms with Crippen LogP contribution in [0.2, 0.25) is 5.02 Å². The van der Waals surface area contributed by atoms with E-state index in [4.69, 9.17) is 16.3 Å². The number of ether oxygens (including phenoxy) is 1. The van der Waals surface area contributed by atoms with Crippen LogP contribution >= 0.6 is 11.6 Å². The zero-order chi connectivity index (χ0) is 14.0. The molecule has 0 radical (unpaired) electrons. The fourth-order valence-electron chi connectivity index (χ4n) is 2.43. The van der Waals surface area contributed by atoms with Crippen molar-refractivity contribution in [3.05, 3.63) is 28.3 Å². The van der Waals surface area contributed by atoms with Crippen molar-refractivity contribution in [2.45, 2.75) is 46.1 Å². The van der Waals surface area contributed by atoms with E-state index in [1.165, 1.54) is 11.1 Å². The number of halogens is 1. The fraction of sp³-hybridized carbons (Fsp3) is 0.625. The lowest BCUT2D eigenvalue weighted by Crippen LogP contribution is -2.39. The van der Waals surface area contributed by atoms with Gasteiger partial charge in [0.25, 0.3) is 0 Å². The Morgan fingerprint density at radius 2 is 2.11 bits per heavy atom. The highest BCUT2D eigenvalue weighted by Crippen LogP contribution is 2.34. The van der Waals surface area contributed by atoms with Crippen LogP contribution in [-0.2, 0) is 12.8 Å². The van der Waals surface area contributed by atoms with Gasteiger partial charge in [-0.25, -0.2) is 0 Å². The molecule has 0 aromatic heterocycles. The van der Waals surface area contributed by atoms with Crippen LogP contribution in [0.15, 0.2) is 12.1 Å². The molecule has 0 saturated heterocycles. The third-order valence-electron chi connectivity index (χ3n) is 3.37. The van der Waals surface area contributed by atoms with Crippen molar-refractivity contribution in [1.82, 2.24) is 5.32 Å². The van der Waals surface area contributed by atoms with Gasteiger partial charge in [-0.1, -0.05) is 18.5 Å². The van der Waals surface area contributed by atoms with Crippen LogP contribution in [0.1, 0.15) is 38.8 Å². The average molecular weight is 282 g/mol. The molecule has 106 valence electrons. The molecule has 0 spiro atoms. The molecule has 1 heterocycles. The number of nitrogens with one attached hydrogen (secondary N) is 1. The first-order valence-electron chi connectivity index (χ1n) is 7.04. The number of benzene rings is 1. The first-order valence-corrected chi connectivity index (χ1v) is 7.42. The Morgan fingerprint density at radius 3 is 2.79 bits per heavy atom. The van der Waals surface area contributed by atoms with E-state index in [1.54, 1.807) is 0 Å². The van der Waals surface area contributed by atoms with Gasteiger partial charge >= 0.3 is 0 Å². The summed E-state index contributed by atoms with van der Waals surface area (Å²) in [6.07, 6.45) is 1.99. The van der Waals surface area contributed by atoms with Crippen molar-refractivity contribution in [2.75, 3.05) is 13.2 Å². The highest BCUT2D eigenvalue weighted by molar-refractivity contribution is 6.30. The maximum atomic E-state index is 6.19. The van der Waals surface area contributed by atoms with E-state index in [1.807, 2.05) is 6.07 Å². The normalized spacial score (nSPS) is 16.1. The maximum absolute atomic E-state index is 6.19. The number of rotatable bonds is 4. The molecular formula is C16H24ClNO. The number of hydrogen-bond acceptors (Lipinski definition) is 2. The molecule has 1 unspecified atom stereocenters. The van der Waals surface area contributed by atoms with Crippen LogP contribution in [0.5, 0.6) is 5.75 Å². The predicted molar refractivity (Wildman–Crippen MR) is 81.3 cm³/mol. The van der Waals surface area contributed by atoms with Crippen molar-refractivity contribution in [1.29, 1.82) is 0 Å². The van der Waals surface area contributed by atoms with Gasteiger partial charge in [0.05, 0.1) is 6.61 Å². The van der Waals surface area contributed by atoms with Crippen LogP contribution in [0.3, 0.4) is 0 Å². The van der Waals surface area contributed by atoms with Crippen molar-refractivity contribution in [3.8, 4) is 5.75 Å². The van der Waals surface area contributed by atoms with Crippen LogP contribution < -0.4 is 10.1 Å². The lowest BCUT2D eigenvalue weighted by atomic mass is 9.97. The summed E-state index contributed by atoms with van der Waals surface area (Å²) in [5, 5.41) is 4.38. The minimum atomic E-state index is 0.168. The standard InChI is InChI=1S/C16H24ClNO/c1-11(10-18-16(2,3)4)7-13-9-14(17)8-12-5-6-19-15(12)13/h8-9,11,18H,5-7,10H2,1-4H3. The smallest absolute Gasteiger partial charge is 0.125 e. The summed E-state index contributed by atoms with van der Waals surface area (Å²) in [7, 11) is 0. The molecule has 1 atom stereocenters. The van der Waals surface area contributed by atoms with Crippen molar-refractivity contribution < 1.29 is 4.74 Å². The van der Waals surface area contributed by atoms with Gasteiger partial charge in [-0.3, -0.25) is 0 Å². The van der Waals surface area contributed by atoms with E-state index < -0.39 is 0 Å². The number of fused-ring (bicyclic) bond motifs is 1. The van der Waals surface area contributed by atoms with Crippen LogP contribution in [0.4, 0.5) is 0 Å². The van der Waals surface area contributed by atoms with Crippen LogP contribution in [0, 0.1) is 5.92 Å². The Labute approximate surface area is 121 Å². The molecule has 1 aromatic rings. The van der Waals surface area contributed by atoms with E-state index in [0.717, 1.165) is 36.8 Å². The predicted octanol–water partition coefficient (Wildman–Crippen LogP) is 3.84. The Balaban J connectivity index is 2.03. The van der Waals surface area contributed by atoms with E-state index in [9.17, 15) is 0 Å². The summed E-state index contributed by atoms with van der Waals surface area (Å²) < 4.78 is 5.75. The van der Waals surface area contributed by atoms with E-state index >= 15 is 0 Å². The Bertz CT molecular complexity index is 451. The van der Waals surface area contributed by atoms with E-state index in [-0.39, 0.29) is 5.54 Å². The molecule has 1 aliphatic heterocycles. The second kappa shape index (κ2) is 5.72. The molecule has 19 heavy (non-hydrogen) atoms. The molecule has 2 rings (SSSR count). The third-order valence-corrected chi connectivity index (χ3v) is 3.59. The Morgan fingerprint density at radius 1 is 1.37 bits per heavy atom. The molecule has 1 aliphatic rings. The van der Waals surface area contributed by atoms with E-state index in [2.05, 4.69) is 39.1 Å². The molecule has 0 amide bonds. The molecular weight excluding hydrogens is 258 g/mol. The average Bonchev–Trinajstić information content (AvgIpc) is 2.73. The molecule has 1 N–H and O–H groups in total. The molecule has 3 heteroatoms. The quantitative estimate of drug-likeness (QED) is 0.905. The molecule has 0 bridgehead atoms. The third kappa shape index (κ3) is 4.12. The highest BCUT2D eigenvalue weighted by atomic mass is 35.5. The second-order valence-corrected chi connectivity index (χ2v) is 7.03. The minimum Gasteiger partial charge on any atom is -0.493 e. The lowest BCUT2D eigenvalue weighted by Gasteiger charge is -2.24. The van der Waals surface area contributed by atoms with E-state index in [0.29, 0.717) is 5.92 Å². The van der Waals surface area contributed by atoms with Gasteiger partial charge < -0.3 is 10.1 Å². The summed E-state index contributed by atoms with van der Waals surface area (Å²) in [6.45, 7) is 10.6. The zero-order valence-corrected chi connectivity index (χ0v) is 13.1. The second-order valence-electron chi connectivity index (χ2n) is 6.59. The SMILES string of the molecule is CC(CNC(C)(C)C)Cc1cc(Cl)cc2c1OCC2. The minimum absolute atomic E-state index is 0.168. The summed E-state index contributed by atoms with van der Waals surface area (Å²) in [5.41, 5.74) is 2.68. The van der Waals surface area contributed by atoms with Crippen molar-refractivity contribution in [3.63, 3.8) is 0 Å². The molecule has 0 aliphatic carbocycles. The van der Waals surface area contributed by atoms with Gasteiger partial charge in [0.1, 0.15) is 5.75 Å². The topological polar surface area (TPSA) is 21.3 Å².